The van der Waals surface area contributed by atoms with Crippen LogP contribution in [0.1, 0.15) is 36.8 Å². The van der Waals surface area contributed by atoms with Gasteiger partial charge in [-0.2, -0.15) is 0 Å². The number of aliphatic carboxylic acids is 1. The second-order valence-electron chi connectivity index (χ2n) is 6.84. The second kappa shape index (κ2) is 6.32. The molecule has 1 amide bonds. The van der Waals surface area contributed by atoms with Gasteiger partial charge in [0.15, 0.2) is 0 Å². The van der Waals surface area contributed by atoms with E-state index in [0.29, 0.717) is 25.9 Å². The van der Waals surface area contributed by atoms with Crippen molar-refractivity contribution in [2.75, 3.05) is 6.61 Å². The van der Waals surface area contributed by atoms with Gasteiger partial charge in [-0.3, -0.25) is 9.59 Å². The first-order valence-corrected chi connectivity index (χ1v) is 8.18. The van der Waals surface area contributed by atoms with Crippen molar-refractivity contribution >= 4 is 11.9 Å². The van der Waals surface area contributed by atoms with Crippen LogP contribution in [0.2, 0.25) is 0 Å². The number of hydrogen-bond donors (Lipinski definition) is 2. The standard InChI is InChI=1S/C18H23NO4/c1-12-4-2-3-5-13(12)8-16(20)19-15-6-7-23-18(11-15)9-14(10-18)17(21)22/h2-5,14-15H,6-11H2,1H3,(H,19,20)(H,21,22). The molecule has 1 unspecified atom stereocenters. The van der Waals surface area contributed by atoms with E-state index in [4.69, 9.17) is 9.84 Å². The molecule has 3 rings (SSSR count). The fraction of sp³-hybridized carbons (Fsp3) is 0.556. The molecular formula is C18H23NO4. The number of aryl methyl sites for hydroxylation is 1. The number of amides is 1. The van der Waals surface area contributed by atoms with Gasteiger partial charge < -0.3 is 15.2 Å². The van der Waals surface area contributed by atoms with E-state index in [-0.39, 0.29) is 23.5 Å². The van der Waals surface area contributed by atoms with Crippen molar-refractivity contribution in [2.24, 2.45) is 5.92 Å². The van der Waals surface area contributed by atoms with Gasteiger partial charge >= 0.3 is 5.97 Å². The van der Waals surface area contributed by atoms with Crippen molar-refractivity contribution in [3.05, 3.63) is 35.4 Å². The molecule has 1 aliphatic heterocycles. The Morgan fingerprint density at radius 2 is 2.04 bits per heavy atom. The predicted molar refractivity (Wildman–Crippen MR) is 85.1 cm³/mol. The lowest BCUT2D eigenvalue weighted by atomic mass is 9.66. The summed E-state index contributed by atoms with van der Waals surface area (Å²) in [5.41, 5.74) is 1.83. The molecule has 0 aromatic heterocycles. The minimum absolute atomic E-state index is 0.0236. The summed E-state index contributed by atoms with van der Waals surface area (Å²) in [6.45, 7) is 2.59. The number of carbonyl (C=O) groups is 2. The lowest BCUT2D eigenvalue weighted by molar-refractivity contribution is -0.182. The van der Waals surface area contributed by atoms with E-state index in [9.17, 15) is 9.59 Å². The van der Waals surface area contributed by atoms with Crippen molar-refractivity contribution in [3.8, 4) is 0 Å². The van der Waals surface area contributed by atoms with E-state index in [0.717, 1.165) is 24.0 Å². The molecule has 1 atom stereocenters. The Hall–Kier alpha value is -1.88. The lowest BCUT2D eigenvalue weighted by Gasteiger charge is -2.50. The van der Waals surface area contributed by atoms with E-state index in [1.807, 2.05) is 31.2 Å². The molecule has 1 heterocycles. The summed E-state index contributed by atoms with van der Waals surface area (Å²) in [4.78, 5) is 23.3. The number of carboxylic acid groups (broad SMARTS) is 1. The third-order valence-corrected chi connectivity index (χ3v) is 5.06. The fourth-order valence-corrected chi connectivity index (χ4v) is 3.71. The van der Waals surface area contributed by atoms with Crippen molar-refractivity contribution in [1.29, 1.82) is 0 Å². The minimum atomic E-state index is -0.745. The normalized spacial score (nSPS) is 29.8. The molecule has 1 saturated carbocycles. The Balaban J connectivity index is 1.53. The van der Waals surface area contributed by atoms with Crippen molar-refractivity contribution in [1.82, 2.24) is 5.32 Å². The monoisotopic (exact) mass is 317 g/mol. The zero-order chi connectivity index (χ0) is 16.4. The van der Waals surface area contributed by atoms with Crippen LogP contribution in [0, 0.1) is 12.8 Å². The third kappa shape index (κ3) is 3.55. The van der Waals surface area contributed by atoms with Crippen molar-refractivity contribution in [2.45, 2.75) is 50.7 Å². The minimum Gasteiger partial charge on any atom is -0.481 e. The summed E-state index contributed by atoms with van der Waals surface area (Å²) in [5.74, 6) is -1.02. The Kier molecular flexibility index (Phi) is 4.39. The number of ether oxygens (including phenoxy) is 1. The van der Waals surface area contributed by atoms with E-state index < -0.39 is 5.97 Å². The molecular weight excluding hydrogens is 294 g/mol. The molecule has 2 aliphatic rings. The second-order valence-corrected chi connectivity index (χ2v) is 6.84. The Bertz CT molecular complexity index is 607. The number of carbonyl (C=O) groups excluding carboxylic acids is 1. The molecule has 23 heavy (non-hydrogen) atoms. The zero-order valence-corrected chi connectivity index (χ0v) is 13.4. The maximum atomic E-state index is 12.3. The van der Waals surface area contributed by atoms with Gasteiger partial charge in [-0.25, -0.2) is 0 Å². The number of benzene rings is 1. The van der Waals surface area contributed by atoms with Crippen LogP contribution in [0.25, 0.3) is 0 Å². The first-order valence-electron chi connectivity index (χ1n) is 8.18. The van der Waals surface area contributed by atoms with Gasteiger partial charge in [0.2, 0.25) is 5.91 Å². The highest BCUT2D eigenvalue weighted by atomic mass is 16.5. The number of nitrogens with one attached hydrogen (secondary N) is 1. The summed E-state index contributed by atoms with van der Waals surface area (Å²) in [5, 5.41) is 12.1. The molecule has 5 heteroatoms. The van der Waals surface area contributed by atoms with Gasteiger partial charge in [-0.1, -0.05) is 24.3 Å². The molecule has 1 saturated heterocycles. The molecule has 5 nitrogen and oxygen atoms in total. The smallest absolute Gasteiger partial charge is 0.306 e. The van der Waals surface area contributed by atoms with Crippen LogP contribution in [-0.2, 0) is 20.7 Å². The maximum Gasteiger partial charge on any atom is 0.306 e. The first kappa shape index (κ1) is 16.0. The molecule has 1 spiro atoms. The largest absolute Gasteiger partial charge is 0.481 e. The zero-order valence-electron chi connectivity index (χ0n) is 13.4. The Morgan fingerprint density at radius 1 is 1.30 bits per heavy atom. The molecule has 1 aromatic carbocycles. The number of hydrogen-bond acceptors (Lipinski definition) is 3. The first-order chi connectivity index (χ1) is 11.0. The summed E-state index contributed by atoms with van der Waals surface area (Å²) < 4.78 is 5.82. The summed E-state index contributed by atoms with van der Waals surface area (Å²) in [7, 11) is 0. The van der Waals surface area contributed by atoms with Crippen LogP contribution < -0.4 is 5.32 Å². The van der Waals surface area contributed by atoms with Crippen molar-refractivity contribution in [3.63, 3.8) is 0 Å². The molecule has 2 fully saturated rings. The maximum absolute atomic E-state index is 12.3. The average molecular weight is 317 g/mol. The fourth-order valence-electron chi connectivity index (χ4n) is 3.71. The van der Waals surface area contributed by atoms with Gasteiger partial charge in [-0.05, 0) is 43.7 Å². The Labute approximate surface area is 136 Å². The van der Waals surface area contributed by atoms with E-state index in [1.165, 1.54) is 0 Å². The molecule has 0 radical (unpaired) electrons. The van der Waals surface area contributed by atoms with Crippen molar-refractivity contribution < 1.29 is 19.4 Å². The summed E-state index contributed by atoms with van der Waals surface area (Å²) >= 11 is 0. The summed E-state index contributed by atoms with van der Waals surface area (Å²) in [6.07, 6.45) is 3.02. The Morgan fingerprint density at radius 3 is 2.74 bits per heavy atom. The molecule has 124 valence electrons. The molecule has 1 aliphatic carbocycles. The average Bonchev–Trinajstić information content (AvgIpc) is 2.47. The van der Waals surface area contributed by atoms with Crippen LogP contribution in [0.15, 0.2) is 24.3 Å². The highest BCUT2D eigenvalue weighted by Gasteiger charge is 2.51. The van der Waals surface area contributed by atoms with Crippen LogP contribution in [0.3, 0.4) is 0 Å². The quantitative estimate of drug-likeness (QED) is 0.891. The topological polar surface area (TPSA) is 75.6 Å². The van der Waals surface area contributed by atoms with Gasteiger partial charge in [0.25, 0.3) is 0 Å². The predicted octanol–water partition coefficient (Wildman–Crippen LogP) is 2.07. The van der Waals surface area contributed by atoms with Crippen LogP contribution in [0.4, 0.5) is 0 Å². The van der Waals surface area contributed by atoms with Gasteiger partial charge in [0, 0.05) is 12.6 Å². The number of rotatable bonds is 4. The molecule has 1 aromatic rings. The van der Waals surface area contributed by atoms with E-state index >= 15 is 0 Å². The van der Waals surface area contributed by atoms with Gasteiger partial charge in [-0.15, -0.1) is 0 Å². The summed E-state index contributed by atoms with van der Waals surface area (Å²) in [6, 6.07) is 7.97. The number of carboxylic acids is 1. The van der Waals surface area contributed by atoms with Crippen LogP contribution in [-0.4, -0.2) is 35.2 Å². The van der Waals surface area contributed by atoms with Crippen LogP contribution >= 0.6 is 0 Å². The lowest BCUT2D eigenvalue weighted by Crippen LogP contribution is -2.56. The highest BCUT2D eigenvalue weighted by Crippen LogP contribution is 2.46. The SMILES string of the molecule is Cc1ccccc1CC(=O)NC1CCOC2(C1)CC(C(=O)O)C2. The highest BCUT2D eigenvalue weighted by molar-refractivity contribution is 5.79. The van der Waals surface area contributed by atoms with E-state index in [1.54, 1.807) is 0 Å². The molecule has 0 bridgehead atoms. The molecule has 2 N–H and O–H groups in total. The van der Waals surface area contributed by atoms with Gasteiger partial charge in [0.1, 0.15) is 0 Å². The van der Waals surface area contributed by atoms with Gasteiger partial charge in [0.05, 0.1) is 17.9 Å². The van der Waals surface area contributed by atoms with Crippen LogP contribution in [0.5, 0.6) is 0 Å². The third-order valence-electron chi connectivity index (χ3n) is 5.06. The van der Waals surface area contributed by atoms with E-state index in [2.05, 4.69) is 5.32 Å².